The number of aromatic nitrogens is 4. The molecule has 1 aliphatic heterocycles. The molecule has 2 aromatic heterocycles. The quantitative estimate of drug-likeness (QED) is 0.727. The van der Waals surface area contributed by atoms with Crippen molar-refractivity contribution in [1.82, 2.24) is 24.5 Å². The van der Waals surface area contributed by atoms with Crippen molar-refractivity contribution in [2.75, 3.05) is 6.54 Å². The van der Waals surface area contributed by atoms with E-state index in [0.29, 0.717) is 6.54 Å². The molecule has 0 bridgehead atoms. The fourth-order valence-electron chi connectivity index (χ4n) is 3.64. The van der Waals surface area contributed by atoms with Crippen LogP contribution in [0.3, 0.4) is 0 Å². The number of likely N-dealkylation sites (tertiary alicyclic amines) is 1. The van der Waals surface area contributed by atoms with Crippen molar-refractivity contribution < 1.29 is 4.79 Å². The Morgan fingerprint density at radius 1 is 1.19 bits per heavy atom. The lowest BCUT2D eigenvalue weighted by Crippen LogP contribution is -2.38. The van der Waals surface area contributed by atoms with Gasteiger partial charge in [-0.1, -0.05) is 12.1 Å². The van der Waals surface area contributed by atoms with Gasteiger partial charge in [0.05, 0.1) is 18.3 Å². The molecule has 1 atom stereocenters. The summed E-state index contributed by atoms with van der Waals surface area (Å²) in [4.78, 5) is 15.2. The van der Waals surface area contributed by atoms with Gasteiger partial charge in [0, 0.05) is 37.7 Å². The highest BCUT2D eigenvalue weighted by Gasteiger charge is 2.30. The monoisotopic (exact) mass is 349 g/mol. The van der Waals surface area contributed by atoms with Gasteiger partial charge in [0.15, 0.2) is 0 Å². The fourth-order valence-corrected chi connectivity index (χ4v) is 3.64. The van der Waals surface area contributed by atoms with Crippen LogP contribution in [0.15, 0.2) is 55.0 Å². The summed E-state index contributed by atoms with van der Waals surface area (Å²) in [5.74, 6) is 0.0858. The first-order valence-electron chi connectivity index (χ1n) is 9.07. The minimum Gasteiger partial charge on any atom is -0.330 e. The van der Waals surface area contributed by atoms with Crippen molar-refractivity contribution in [3.8, 4) is 0 Å². The van der Waals surface area contributed by atoms with Gasteiger partial charge in [-0.25, -0.2) is 0 Å². The Balaban J connectivity index is 1.57. The van der Waals surface area contributed by atoms with E-state index in [1.165, 1.54) is 0 Å². The lowest BCUT2D eigenvalue weighted by atomic mass is 9.98. The maximum Gasteiger partial charge on any atom is 0.254 e. The number of carbonyl (C=O) groups excluding carboxylic acids is 1. The molecule has 0 saturated carbocycles. The number of hydrogen-bond acceptors (Lipinski definition) is 3. The summed E-state index contributed by atoms with van der Waals surface area (Å²) >= 11 is 0. The topological polar surface area (TPSA) is 56.0 Å². The number of hydrogen-bond donors (Lipinski definition) is 0. The van der Waals surface area contributed by atoms with Crippen molar-refractivity contribution in [2.45, 2.75) is 31.8 Å². The molecule has 0 radical (unpaired) electrons. The SMILES string of the molecule is Cn1ccc([C@H]2CCCCN2C(=O)c2cccc(Cn3cccn3)c2)n1. The van der Waals surface area contributed by atoms with Gasteiger partial charge in [0.25, 0.3) is 5.91 Å². The van der Waals surface area contributed by atoms with Crippen LogP contribution < -0.4 is 0 Å². The largest absolute Gasteiger partial charge is 0.330 e. The Morgan fingerprint density at radius 2 is 2.12 bits per heavy atom. The predicted molar refractivity (Wildman–Crippen MR) is 98.6 cm³/mol. The van der Waals surface area contributed by atoms with E-state index in [4.69, 9.17) is 0 Å². The molecule has 4 rings (SSSR count). The van der Waals surface area contributed by atoms with Crippen LogP contribution >= 0.6 is 0 Å². The van der Waals surface area contributed by atoms with Gasteiger partial charge in [-0.15, -0.1) is 0 Å². The van der Waals surface area contributed by atoms with Crippen LogP contribution in [0.4, 0.5) is 0 Å². The number of amides is 1. The van der Waals surface area contributed by atoms with E-state index in [1.54, 1.807) is 10.9 Å². The summed E-state index contributed by atoms with van der Waals surface area (Å²) in [7, 11) is 1.91. The normalized spacial score (nSPS) is 17.4. The zero-order chi connectivity index (χ0) is 17.9. The van der Waals surface area contributed by atoms with Crippen LogP contribution in [0.1, 0.15) is 46.9 Å². The third-order valence-corrected chi connectivity index (χ3v) is 4.92. The summed E-state index contributed by atoms with van der Waals surface area (Å²) in [6.07, 6.45) is 8.77. The lowest BCUT2D eigenvalue weighted by molar-refractivity contribution is 0.0605. The number of piperidine rings is 1. The molecule has 0 aliphatic carbocycles. The maximum absolute atomic E-state index is 13.2. The summed E-state index contributed by atoms with van der Waals surface area (Å²) in [6, 6.07) is 11.8. The van der Waals surface area contributed by atoms with Gasteiger partial charge in [-0.2, -0.15) is 10.2 Å². The first kappa shape index (κ1) is 16.6. The van der Waals surface area contributed by atoms with Crippen LogP contribution in [-0.4, -0.2) is 36.9 Å². The van der Waals surface area contributed by atoms with Crippen molar-refractivity contribution >= 4 is 5.91 Å². The van der Waals surface area contributed by atoms with Crippen molar-refractivity contribution in [3.63, 3.8) is 0 Å². The van der Waals surface area contributed by atoms with E-state index in [1.807, 2.05) is 65.4 Å². The van der Waals surface area contributed by atoms with E-state index in [-0.39, 0.29) is 11.9 Å². The molecule has 1 aromatic carbocycles. The average molecular weight is 349 g/mol. The van der Waals surface area contributed by atoms with E-state index in [9.17, 15) is 4.79 Å². The van der Waals surface area contributed by atoms with Crippen molar-refractivity contribution in [3.05, 3.63) is 71.8 Å². The zero-order valence-electron chi connectivity index (χ0n) is 15.0. The highest BCUT2D eigenvalue weighted by molar-refractivity contribution is 5.94. The Morgan fingerprint density at radius 3 is 2.88 bits per heavy atom. The first-order valence-corrected chi connectivity index (χ1v) is 9.07. The Bertz CT molecular complexity index is 883. The zero-order valence-corrected chi connectivity index (χ0v) is 15.0. The van der Waals surface area contributed by atoms with E-state index >= 15 is 0 Å². The number of benzene rings is 1. The minimum atomic E-state index is 0.0622. The molecule has 0 N–H and O–H groups in total. The minimum absolute atomic E-state index is 0.0622. The van der Waals surface area contributed by atoms with Crippen LogP contribution in [0, 0.1) is 0 Å². The summed E-state index contributed by atoms with van der Waals surface area (Å²) in [6.45, 7) is 1.45. The van der Waals surface area contributed by atoms with E-state index < -0.39 is 0 Å². The Hall–Kier alpha value is -2.89. The number of aryl methyl sites for hydroxylation is 1. The third-order valence-electron chi connectivity index (χ3n) is 4.92. The molecule has 1 fully saturated rings. The molecule has 134 valence electrons. The highest BCUT2D eigenvalue weighted by Crippen LogP contribution is 2.31. The fraction of sp³-hybridized carbons (Fsp3) is 0.350. The molecular formula is C20H23N5O. The van der Waals surface area contributed by atoms with Gasteiger partial charge >= 0.3 is 0 Å². The Labute approximate surface area is 153 Å². The lowest BCUT2D eigenvalue weighted by Gasteiger charge is -2.35. The second kappa shape index (κ2) is 7.15. The maximum atomic E-state index is 13.2. The standard InChI is InChI=1S/C20H23N5O/c1-23-13-9-18(22-23)19-8-2-3-12-25(19)20(26)17-7-4-6-16(14-17)15-24-11-5-10-21-24/h4-7,9-11,13-14,19H,2-3,8,12,15H2,1H3/t19-/m1/s1. The van der Waals surface area contributed by atoms with Crippen molar-refractivity contribution in [2.24, 2.45) is 7.05 Å². The third kappa shape index (κ3) is 3.40. The summed E-state index contributed by atoms with van der Waals surface area (Å²) < 4.78 is 3.67. The highest BCUT2D eigenvalue weighted by atomic mass is 16.2. The number of rotatable bonds is 4. The number of nitrogens with zero attached hydrogens (tertiary/aromatic N) is 5. The van der Waals surface area contributed by atoms with Crippen LogP contribution in [0.2, 0.25) is 0 Å². The van der Waals surface area contributed by atoms with E-state index in [0.717, 1.165) is 42.6 Å². The molecule has 1 amide bonds. The van der Waals surface area contributed by atoms with Crippen LogP contribution in [-0.2, 0) is 13.6 Å². The molecule has 0 spiro atoms. The number of carbonyl (C=O) groups is 1. The second-order valence-electron chi connectivity index (χ2n) is 6.83. The predicted octanol–water partition coefficient (Wildman–Crippen LogP) is 3.03. The molecular weight excluding hydrogens is 326 g/mol. The Kier molecular flexibility index (Phi) is 4.56. The molecule has 0 unspecified atom stereocenters. The first-order chi connectivity index (χ1) is 12.7. The molecule has 1 aliphatic rings. The van der Waals surface area contributed by atoms with Gasteiger partial charge in [0.1, 0.15) is 0 Å². The second-order valence-corrected chi connectivity index (χ2v) is 6.83. The van der Waals surface area contributed by atoms with Crippen LogP contribution in [0.5, 0.6) is 0 Å². The smallest absolute Gasteiger partial charge is 0.254 e. The molecule has 1 saturated heterocycles. The molecule has 6 heteroatoms. The molecule has 6 nitrogen and oxygen atoms in total. The van der Waals surface area contributed by atoms with Gasteiger partial charge in [0.2, 0.25) is 0 Å². The van der Waals surface area contributed by atoms with Gasteiger partial charge in [-0.3, -0.25) is 14.2 Å². The van der Waals surface area contributed by atoms with Gasteiger partial charge < -0.3 is 4.90 Å². The van der Waals surface area contributed by atoms with Crippen LogP contribution in [0.25, 0.3) is 0 Å². The molecule has 26 heavy (non-hydrogen) atoms. The molecule has 3 aromatic rings. The van der Waals surface area contributed by atoms with Crippen molar-refractivity contribution in [1.29, 1.82) is 0 Å². The average Bonchev–Trinajstić information content (AvgIpc) is 3.33. The summed E-state index contributed by atoms with van der Waals surface area (Å²) in [5.41, 5.74) is 2.79. The summed E-state index contributed by atoms with van der Waals surface area (Å²) in [5, 5.41) is 8.78. The van der Waals surface area contributed by atoms with Gasteiger partial charge in [-0.05, 0) is 49.1 Å². The molecule has 3 heterocycles. The van der Waals surface area contributed by atoms with E-state index in [2.05, 4.69) is 10.2 Å².